The Bertz CT molecular complexity index is 3490. The molecule has 12 aromatic rings. The zero-order chi connectivity index (χ0) is 37.5. The summed E-state index contributed by atoms with van der Waals surface area (Å²) < 4.78 is 7.50. The van der Waals surface area contributed by atoms with Crippen LogP contribution >= 0.6 is 11.3 Å². The molecule has 0 bridgehead atoms. The van der Waals surface area contributed by atoms with Crippen LogP contribution < -0.4 is 0 Å². The Balaban J connectivity index is 0.935. The van der Waals surface area contributed by atoms with E-state index in [4.69, 9.17) is 0 Å². The van der Waals surface area contributed by atoms with E-state index >= 15 is 0 Å². The van der Waals surface area contributed by atoms with Gasteiger partial charge in [-0.3, -0.25) is 0 Å². The average Bonchev–Trinajstić information content (AvgIpc) is 3.94. The summed E-state index contributed by atoms with van der Waals surface area (Å²) in [6, 6.07) is 75.6. The molecular formula is C54H34N2S. The molecule has 0 atom stereocenters. The summed E-state index contributed by atoms with van der Waals surface area (Å²) >= 11 is 1.88. The van der Waals surface area contributed by atoms with Crippen molar-refractivity contribution in [2.45, 2.75) is 0 Å². The van der Waals surface area contributed by atoms with E-state index < -0.39 is 0 Å². The molecule has 2 nitrogen and oxygen atoms in total. The second kappa shape index (κ2) is 12.7. The van der Waals surface area contributed by atoms with Gasteiger partial charge in [0.25, 0.3) is 0 Å². The van der Waals surface area contributed by atoms with E-state index in [0.717, 1.165) is 5.69 Å². The molecule has 3 heterocycles. The van der Waals surface area contributed by atoms with Crippen molar-refractivity contribution in [3.8, 4) is 44.8 Å². The Morgan fingerprint density at radius 1 is 0.281 bits per heavy atom. The van der Waals surface area contributed by atoms with E-state index in [1.54, 1.807) is 0 Å². The topological polar surface area (TPSA) is 9.86 Å². The van der Waals surface area contributed by atoms with E-state index in [0.29, 0.717) is 0 Å². The summed E-state index contributed by atoms with van der Waals surface area (Å²) in [5.74, 6) is 0. The van der Waals surface area contributed by atoms with E-state index in [-0.39, 0.29) is 0 Å². The van der Waals surface area contributed by atoms with Crippen molar-refractivity contribution >= 4 is 75.1 Å². The number of hydrogen-bond donors (Lipinski definition) is 0. The molecule has 0 unspecified atom stereocenters. The van der Waals surface area contributed by atoms with Crippen LogP contribution in [0.5, 0.6) is 0 Å². The van der Waals surface area contributed by atoms with Gasteiger partial charge >= 0.3 is 0 Å². The van der Waals surface area contributed by atoms with Gasteiger partial charge in [-0.15, -0.1) is 11.3 Å². The fourth-order valence-electron chi connectivity index (χ4n) is 9.05. The Hall–Kier alpha value is -7.20. The quantitative estimate of drug-likeness (QED) is 0.166. The first-order chi connectivity index (χ1) is 28.3. The van der Waals surface area contributed by atoms with Crippen LogP contribution in [-0.2, 0) is 0 Å². The van der Waals surface area contributed by atoms with Gasteiger partial charge in [0.1, 0.15) is 0 Å². The summed E-state index contributed by atoms with van der Waals surface area (Å²) in [6.45, 7) is 0. The zero-order valence-electron chi connectivity index (χ0n) is 30.9. The second-order valence-electron chi connectivity index (χ2n) is 14.9. The lowest BCUT2D eigenvalue weighted by Gasteiger charge is -2.11. The normalized spacial score (nSPS) is 11.9. The molecule has 0 aliphatic carbocycles. The zero-order valence-corrected chi connectivity index (χ0v) is 31.7. The third kappa shape index (κ3) is 5.03. The highest BCUT2D eigenvalue weighted by atomic mass is 32.1. The minimum atomic E-state index is 1.15. The Morgan fingerprint density at radius 2 is 0.737 bits per heavy atom. The molecule has 0 saturated carbocycles. The van der Waals surface area contributed by atoms with E-state index in [1.807, 2.05) is 11.3 Å². The monoisotopic (exact) mass is 742 g/mol. The number of benzene rings is 9. The fraction of sp³-hybridized carbons (Fsp3) is 0. The molecule has 0 aliphatic heterocycles. The Morgan fingerprint density at radius 3 is 1.37 bits per heavy atom. The largest absolute Gasteiger partial charge is 0.309 e. The number of fused-ring (bicyclic) bond motifs is 9. The minimum Gasteiger partial charge on any atom is -0.309 e. The molecule has 0 amide bonds. The van der Waals surface area contributed by atoms with Gasteiger partial charge in [-0.05, 0) is 88.0 Å². The number of nitrogens with zero attached hydrogens (tertiary/aromatic N) is 2. The van der Waals surface area contributed by atoms with Crippen LogP contribution in [0, 0.1) is 0 Å². The van der Waals surface area contributed by atoms with Gasteiger partial charge in [0, 0.05) is 53.1 Å². The first-order valence-electron chi connectivity index (χ1n) is 19.5. The lowest BCUT2D eigenvalue weighted by molar-refractivity contribution is 1.18. The summed E-state index contributed by atoms with van der Waals surface area (Å²) in [7, 11) is 0. The van der Waals surface area contributed by atoms with E-state index in [1.165, 1.54) is 103 Å². The predicted molar refractivity (Wildman–Crippen MR) is 244 cm³/mol. The fourth-order valence-corrected chi connectivity index (χ4v) is 10.3. The molecule has 0 spiro atoms. The van der Waals surface area contributed by atoms with Gasteiger partial charge in [-0.2, -0.15) is 0 Å². The lowest BCUT2D eigenvalue weighted by atomic mass is 9.99. The highest BCUT2D eigenvalue weighted by Crippen LogP contribution is 2.41. The van der Waals surface area contributed by atoms with Crippen molar-refractivity contribution in [3.05, 3.63) is 206 Å². The van der Waals surface area contributed by atoms with Crippen molar-refractivity contribution in [1.29, 1.82) is 0 Å². The molecule has 57 heavy (non-hydrogen) atoms. The van der Waals surface area contributed by atoms with Crippen LogP contribution in [0.1, 0.15) is 0 Å². The first kappa shape index (κ1) is 32.1. The van der Waals surface area contributed by atoms with Gasteiger partial charge in [-0.25, -0.2) is 0 Å². The molecule has 9 aromatic carbocycles. The van der Waals surface area contributed by atoms with Crippen molar-refractivity contribution in [3.63, 3.8) is 0 Å². The third-order valence-corrected chi connectivity index (χ3v) is 13.0. The second-order valence-corrected chi connectivity index (χ2v) is 16.0. The van der Waals surface area contributed by atoms with Gasteiger partial charge in [0.05, 0.1) is 22.1 Å². The standard InChI is InChI=1S/C54H34N2S/c1-2-11-40(12-3-1)55-49-18-7-4-13-43(49)45-31-27-38(33-51(45)55)39-28-32-46-44-14-5-8-19-50(44)56(52(46)34-39)41-29-25-36(26-30-41)35-21-23-37(24-22-35)42-16-10-17-48-47-15-6-9-20-53(47)57-54(42)48/h1-34H. The maximum atomic E-state index is 2.42. The maximum absolute atomic E-state index is 2.42. The summed E-state index contributed by atoms with van der Waals surface area (Å²) in [6.07, 6.45) is 0. The van der Waals surface area contributed by atoms with Crippen LogP contribution in [0.2, 0.25) is 0 Å². The number of aromatic nitrogens is 2. The van der Waals surface area contributed by atoms with Crippen molar-refractivity contribution in [2.75, 3.05) is 0 Å². The highest BCUT2D eigenvalue weighted by Gasteiger charge is 2.17. The smallest absolute Gasteiger partial charge is 0.0547 e. The maximum Gasteiger partial charge on any atom is 0.0547 e. The molecule has 0 saturated heterocycles. The predicted octanol–water partition coefficient (Wildman–Crippen LogP) is 15.2. The first-order valence-corrected chi connectivity index (χ1v) is 20.3. The van der Waals surface area contributed by atoms with Crippen LogP contribution in [0.3, 0.4) is 0 Å². The molecule has 0 N–H and O–H groups in total. The van der Waals surface area contributed by atoms with E-state index in [9.17, 15) is 0 Å². The van der Waals surface area contributed by atoms with Gasteiger partial charge < -0.3 is 9.13 Å². The SMILES string of the molecule is c1ccc(-n2c3ccccc3c3ccc(-c4ccc5c6ccccc6n(-c6ccc(-c7ccc(-c8cccc9c8sc8ccccc89)cc7)cc6)c5c4)cc32)cc1. The van der Waals surface area contributed by atoms with Crippen molar-refractivity contribution in [1.82, 2.24) is 9.13 Å². The van der Waals surface area contributed by atoms with Gasteiger partial charge in [-0.1, -0.05) is 152 Å². The molecular weight excluding hydrogens is 709 g/mol. The lowest BCUT2D eigenvalue weighted by Crippen LogP contribution is -1.94. The Labute approximate surface area is 333 Å². The number of thiophene rings is 1. The van der Waals surface area contributed by atoms with Gasteiger partial charge in [0.15, 0.2) is 0 Å². The molecule has 0 radical (unpaired) electrons. The van der Waals surface area contributed by atoms with Crippen LogP contribution in [-0.4, -0.2) is 9.13 Å². The summed E-state index contributed by atoms with van der Waals surface area (Å²) in [5, 5.41) is 7.70. The molecule has 0 aliphatic rings. The molecule has 0 fully saturated rings. The number of hydrogen-bond acceptors (Lipinski definition) is 1. The minimum absolute atomic E-state index is 1.15. The van der Waals surface area contributed by atoms with Crippen molar-refractivity contribution in [2.24, 2.45) is 0 Å². The van der Waals surface area contributed by atoms with Crippen LogP contribution in [0.15, 0.2) is 206 Å². The number of para-hydroxylation sites is 3. The van der Waals surface area contributed by atoms with Gasteiger partial charge in [0.2, 0.25) is 0 Å². The number of rotatable bonds is 5. The molecule has 3 heteroatoms. The molecule has 3 aromatic heterocycles. The van der Waals surface area contributed by atoms with E-state index in [2.05, 4.69) is 215 Å². The molecule has 266 valence electrons. The van der Waals surface area contributed by atoms with Crippen LogP contribution in [0.25, 0.3) is 109 Å². The summed E-state index contributed by atoms with van der Waals surface area (Å²) in [4.78, 5) is 0. The highest BCUT2D eigenvalue weighted by molar-refractivity contribution is 7.26. The van der Waals surface area contributed by atoms with Crippen LogP contribution in [0.4, 0.5) is 0 Å². The van der Waals surface area contributed by atoms with Crippen molar-refractivity contribution < 1.29 is 0 Å². The summed E-state index contributed by atoms with van der Waals surface area (Å²) in [5.41, 5.74) is 14.5. The Kier molecular flexibility index (Phi) is 7.13. The molecule has 12 rings (SSSR count). The average molecular weight is 743 g/mol. The third-order valence-electron chi connectivity index (χ3n) is 11.8.